The van der Waals surface area contributed by atoms with E-state index < -0.39 is 5.97 Å². The van der Waals surface area contributed by atoms with E-state index in [4.69, 9.17) is 14.2 Å². The molecule has 0 saturated heterocycles. The normalized spacial score (nSPS) is 13.0. The summed E-state index contributed by atoms with van der Waals surface area (Å²) in [7, 11) is 1.66. The van der Waals surface area contributed by atoms with Crippen molar-refractivity contribution >= 4 is 5.97 Å². The maximum Gasteiger partial charge on any atom is 0.303 e. The molecule has 41 heavy (non-hydrogen) atoms. The number of methoxy groups -OCH3 is 1. The minimum Gasteiger partial charge on any atom is -0.481 e. The van der Waals surface area contributed by atoms with Crippen LogP contribution >= 0.6 is 0 Å². The van der Waals surface area contributed by atoms with Crippen LogP contribution in [0.25, 0.3) is 0 Å². The highest BCUT2D eigenvalue weighted by Crippen LogP contribution is 2.25. The Morgan fingerprint density at radius 3 is 1.80 bits per heavy atom. The summed E-state index contributed by atoms with van der Waals surface area (Å²) in [5, 5.41) is 9.65. The molecule has 2 rings (SSSR count). The van der Waals surface area contributed by atoms with Crippen LogP contribution in [-0.4, -0.2) is 55.2 Å². The lowest BCUT2D eigenvalue weighted by atomic mass is 9.96. The fourth-order valence-electron chi connectivity index (χ4n) is 5.36. The quantitative estimate of drug-likeness (QED) is 0.0909. The average Bonchev–Trinajstić information content (AvgIpc) is 2.98. The van der Waals surface area contributed by atoms with Gasteiger partial charge in [0.05, 0.1) is 19.3 Å². The third-order valence-corrected chi connectivity index (χ3v) is 7.65. The van der Waals surface area contributed by atoms with Crippen molar-refractivity contribution in [2.75, 3.05) is 27.1 Å². The van der Waals surface area contributed by atoms with Gasteiger partial charge in [-0.1, -0.05) is 132 Å². The van der Waals surface area contributed by atoms with Gasteiger partial charge in [-0.25, -0.2) is 0 Å². The Hall–Kier alpha value is -2.25. The number of carboxylic acid groups (broad SMARTS) is 1. The number of hydrogen-bond donors (Lipinski definition) is 1. The highest BCUT2D eigenvalue weighted by atomic mass is 16.7. The Balaban J connectivity index is 2.11. The molecule has 0 radical (unpaired) electrons. The molecule has 0 amide bonds. The predicted octanol–water partition coefficient (Wildman–Crippen LogP) is 8.24. The zero-order valence-corrected chi connectivity index (χ0v) is 25.7. The van der Waals surface area contributed by atoms with Crippen LogP contribution < -0.4 is 0 Å². The predicted molar refractivity (Wildman–Crippen MR) is 167 cm³/mol. The number of unbranched alkanes of at least 4 members (excludes halogenated alkanes) is 9. The summed E-state index contributed by atoms with van der Waals surface area (Å²) in [4.78, 5) is 14.2. The number of rotatable bonds is 26. The number of nitrogens with zero attached hydrogens (tertiary/aromatic N) is 1. The van der Waals surface area contributed by atoms with Crippen LogP contribution in [0.2, 0.25) is 0 Å². The van der Waals surface area contributed by atoms with E-state index in [1.165, 1.54) is 68.9 Å². The van der Waals surface area contributed by atoms with Crippen LogP contribution in [-0.2, 0) is 32.1 Å². The molecule has 6 nitrogen and oxygen atoms in total. The van der Waals surface area contributed by atoms with Gasteiger partial charge in [-0.3, -0.25) is 9.69 Å². The van der Waals surface area contributed by atoms with Crippen molar-refractivity contribution < 1.29 is 24.1 Å². The fourth-order valence-corrected chi connectivity index (χ4v) is 5.36. The largest absolute Gasteiger partial charge is 0.481 e. The molecular weight excluding hydrogens is 514 g/mol. The van der Waals surface area contributed by atoms with Crippen molar-refractivity contribution in [3.63, 3.8) is 0 Å². The first-order valence-electron chi connectivity index (χ1n) is 15.9. The summed E-state index contributed by atoms with van der Waals surface area (Å²) in [6, 6.07) is 20.8. The third-order valence-electron chi connectivity index (χ3n) is 7.65. The van der Waals surface area contributed by atoms with E-state index in [1.54, 1.807) is 7.11 Å². The van der Waals surface area contributed by atoms with Crippen LogP contribution in [0.15, 0.2) is 60.7 Å². The molecule has 0 unspecified atom stereocenters. The Labute approximate surface area is 249 Å². The molecule has 2 atom stereocenters. The van der Waals surface area contributed by atoms with E-state index in [0.29, 0.717) is 19.6 Å². The summed E-state index contributed by atoms with van der Waals surface area (Å²) >= 11 is 0. The zero-order valence-electron chi connectivity index (χ0n) is 25.7. The number of hydrogen-bond acceptors (Lipinski definition) is 5. The van der Waals surface area contributed by atoms with Gasteiger partial charge in [-0.15, -0.1) is 0 Å². The molecule has 2 aromatic rings. The molecule has 0 fully saturated rings. The van der Waals surface area contributed by atoms with Gasteiger partial charge in [0.2, 0.25) is 0 Å². The van der Waals surface area contributed by atoms with Crippen LogP contribution in [0.3, 0.4) is 0 Å². The molecule has 1 N–H and O–H groups in total. The first-order valence-corrected chi connectivity index (χ1v) is 15.9. The fraction of sp³-hybridized carbons (Fsp3) is 0.629. The molecule has 0 aliphatic rings. The van der Waals surface area contributed by atoms with Crippen molar-refractivity contribution in [2.24, 2.45) is 0 Å². The minimum atomic E-state index is -0.775. The summed E-state index contributed by atoms with van der Waals surface area (Å²) in [5.74, 6) is -0.775. The molecule has 0 aliphatic heterocycles. The van der Waals surface area contributed by atoms with Crippen molar-refractivity contribution in [2.45, 2.75) is 116 Å². The minimum absolute atomic E-state index is 0.0592. The van der Waals surface area contributed by atoms with Crippen molar-refractivity contribution in [3.8, 4) is 0 Å². The highest BCUT2D eigenvalue weighted by Gasteiger charge is 2.29. The second-order valence-corrected chi connectivity index (χ2v) is 11.1. The molecular formula is C35H55NO5. The van der Waals surface area contributed by atoms with Crippen LogP contribution in [0.5, 0.6) is 0 Å². The SMILES string of the molecule is CCCCCCCCCCCC[C@@H](OCOCCOC)[C@H](CCC(=O)O)N(Cc1ccccc1)Cc1ccccc1. The lowest BCUT2D eigenvalue weighted by Gasteiger charge is -2.37. The molecule has 0 saturated carbocycles. The van der Waals surface area contributed by atoms with Crippen molar-refractivity contribution in [1.29, 1.82) is 0 Å². The van der Waals surface area contributed by atoms with Crippen LogP contribution in [0, 0.1) is 0 Å². The van der Waals surface area contributed by atoms with E-state index >= 15 is 0 Å². The molecule has 0 aromatic heterocycles. The lowest BCUT2D eigenvalue weighted by Crippen LogP contribution is -2.45. The van der Waals surface area contributed by atoms with Crippen molar-refractivity contribution in [3.05, 3.63) is 71.8 Å². The van der Waals surface area contributed by atoms with Gasteiger partial charge in [-0.2, -0.15) is 0 Å². The second kappa shape index (κ2) is 23.3. The molecule has 0 spiro atoms. The standard InChI is InChI=1S/C35H55NO5/c1-3-4-5-6-7-8-9-10-11-18-23-34(41-30-40-27-26-39-2)33(24-25-35(37)38)36(28-31-19-14-12-15-20-31)29-32-21-16-13-17-22-32/h12-17,19-22,33-34H,3-11,18,23-30H2,1-2H3,(H,37,38)/t33-,34+/m0/s1. The number of aliphatic carboxylic acids is 1. The number of benzene rings is 2. The highest BCUT2D eigenvalue weighted by molar-refractivity contribution is 5.66. The van der Waals surface area contributed by atoms with E-state index in [1.807, 2.05) is 12.1 Å². The summed E-state index contributed by atoms with van der Waals surface area (Å²) in [6.07, 6.45) is 14.2. The van der Waals surface area contributed by atoms with E-state index in [9.17, 15) is 9.90 Å². The topological polar surface area (TPSA) is 68.2 Å². The first kappa shape index (κ1) is 34.9. The molecule has 2 aromatic carbocycles. The number of carbonyl (C=O) groups is 1. The van der Waals surface area contributed by atoms with E-state index in [-0.39, 0.29) is 25.4 Å². The van der Waals surface area contributed by atoms with Crippen molar-refractivity contribution in [1.82, 2.24) is 4.90 Å². The molecule has 0 heterocycles. The van der Waals surface area contributed by atoms with Crippen LogP contribution in [0.4, 0.5) is 0 Å². The Morgan fingerprint density at radius 1 is 0.756 bits per heavy atom. The molecule has 6 heteroatoms. The van der Waals surface area contributed by atoms with Gasteiger partial charge < -0.3 is 19.3 Å². The second-order valence-electron chi connectivity index (χ2n) is 11.1. The van der Waals surface area contributed by atoms with Gasteiger partial charge in [0, 0.05) is 32.7 Å². The summed E-state index contributed by atoms with van der Waals surface area (Å²) < 4.78 is 17.2. The van der Waals surface area contributed by atoms with Gasteiger partial charge in [0.15, 0.2) is 0 Å². The van der Waals surface area contributed by atoms with Gasteiger partial charge in [0.1, 0.15) is 6.79 Å². The van der Waals surface area contributed by atoms with E-state index in [2.05, 4.69) is 60.4 Å². The number of ether oxygens (including phenoxy) is 3. The molecule has 0 aliphatic carbocycles. The summed E-state index contributed by atoms with van der Waals surface area (Å²) in [5.41, 5.74) is 2.41. The van der Waals surface area contributed by atoms with Gasteiger partial charge in [0.25, 0.3) is 0 Å². The zero-order chi connectivity index (χ0) is 29.4. The third kappa shape index (κ3) is 16.7. The van der Waals surface area contributed by atoms with Crippen LogP contribution in [0.1, 0.15) is 102 Å². The molecule has 230 valence electrons. The number of carboxylic acids is 1. The monoisotopic (exact) mass is 569 g/mol. The Morgan fingerprint density at radius 2 is 1.29 bits per heavy atom. The van der Waals surface area contributed by atoms with E-state index in [0.717, 1.165) is 25.9 Å². The Kier molecular flexibility index (Phi) is 19.9. The van der Waals surface area contributed by atoms with Gasteiger partial charge >= 0.3 is 5.97 Å². The average molecular weight is 570 g/mol. The Bertz CT molecular complexity index is 837. The lowest BCUT2D eigenvalue weighted by molar-refractivity contribution is -0.139. The van der Waals surface area contributed by atoms with Gasteiger partial charge in [-0.05, 0) is 24.0 Å². The maximum atomic E-state index is 11.7. The maximum absolute atomic E-state index is 11.7. The summed E-state index contributed by atoms with van der Waals surface area (Å²) in [6.45, 7) is 4.88. The first-order chi connectivity index (χ1) is 20.1. The smallest absolute Gasteiger partial charge is 0.303 e. The molecule has 0 bridgehead atoms.